The zero-order valence-corrected chi connectivity index (χ0v) is 13.7. The van der Waals surface area contributed by atoms with Crippen LogP contribution in [0.3, 0.4) is 0 Å². The van der Waals surface area contributed by atoms with Crippen LogP contribution in [0.4, 0.5) is 15.9 Å². The SMILES string of the molecule is CN1CCN(CC(=O)N(c2ccccn2)c2ccccc2F)CC1. The van der Waals surface area contributed by atoms with E-state index in [-0.39, 0.29) is 18.1 Å². The van der Waals surface area contributed by atoms with Crippen molar-refractivity contribution >= 4 is 17.4 Å². The molecule has 1 aromatic carbocycles. The fourth-order valence-corrected chi connectivity index (χ4v) is 2.77. The van der Waals surface area contributed by atoms with E-state index in [1.54, 1.807) is 42.6 Å². The van der Waals surface area contributed by atoms with Crippen molar-refractivity contribution in [2.45, 2.75) is 0 Å². The molecule has 6 heteroatoms. The summed E-state index contributed by atoms with van der Waals surface area (Å²) in [7, 11) is 2.07. The first-order valence-electron chi connectivity index (χ1n) is 8.04. The summed E-state index contributed by atoms with van der Waals surface area (Å²) in [5.41, 5.74) is 0.232. The number of hydrogen-bond acceptors (Lipinski definition) is 4. The molecule has 0 aliphatic carbocycles. The Balaban J connectivity index is 1.85. The highest BCUT2D eigenvalue weighted by Gasteiger charge is 2.25. The molecule has 5 nitrogen and oxygen atoms in total. The number of benzene rings is 1. The van der Waals surface area contributed by atoms with Gasteiger partial charge in [-0.05, 0) is 31.3 Å². The highest BCUT2D eigenvalue weighted by molar-refractivity contribution is 6.00. The zero-order valence-electron chi connectivity index (χ0n) is 13.7. The van der Waals surface area contributed by atoms with Crippen LogP contribution in [0.1, 0.15) is 0 Å². The number of hydrogen-bond donors (Lipinski definition) is 0. The molecule has 0 spiro atoms. The van der Waals surface area contributed by atoms with E-state index in [0.29, 0.717) is 5.82 Å². The Bertz CT molecular complexity index is 686. The maximum atomic E-state index is 14.3. The van der Waals surface area contributed by atoms with Crippen LogP contribution >= 0.6 is 0 Å². The lowest BCUT2D eigenvalue weighted by Gasteiger charge is -2.33. The summed E-state index contributed by atoms with van der Waals surface area (Å²) in [6, 6.07) is 11.6. The molecule has 1 aliphatic heterocycles. The first-order valence-corrected chi connectivity index (χ1v) is 8.04. The Labute approximate surface area is 141 Å². The smallest absolute Gasteiger partial charge is 0.247 e. The van der Waals surface area contributed by atoms with Crippen LogP contribution in [-0.4, -0.2) is 60.5 Å². The van der Waals surface area contributed by atoms with Gasteiger partial charge in [0.05, 0.1) is 12.2 Å². The van der Waals surface area contributed by atoms with Gasteiger partial charge in [-0.2, -0.15) is 0 Å². The van der Waals surface area contributed by atoms with E-state index in [1.807, 2.05) is 0 Å². The van der Waals surface area contributed by atoms with Gasteiger partial charge >= 0.3 is 0 Å². The number of halogens is 1. The number of para-hydroxylation sites is 1. The van der Waals surface area contributed by atoms with Crippen LogP contribution in [0.2, 0.25) is 0 Å². The number of nitrogens with zero attached hydrogens (tertiary/aromatic N) is 4. The van der Waals surface area contributed by atoms with Gasteiger partial charge in [0.15, 0.2) is 0 Å². The Morgan fingerprint density at radius 1 is 1.12 bits per heavy atom. The second-order valence-corrected chi connectivity index (χ2v) is 5.95. The molecule has 126 valence electrons. The van der Waals surface area contributed by atoms with E-state index >= 15 is 0 Å². The molecule has 0 unspecified atom stereocenters. The second kappa shape index (κ2) is 7.51. The quantitative estimate of drug-likeness (QED) is 0.862. The average molecular weight is 328 g/mol. The van der Waals surface area contributed by atoms with Gasteiger partial charge in [-0.15, -0.1) is 0 Å². The lowest BCUT2D eigenvalue weighted by Crippen LogP contribution is -2.48. The third-order valence-electron chi connectivity index (χ3n) is 4.18. The number of anilines is 2. The average Bonchev–Trinajstić information content (AvgIpc) is 2.60. The first kappa shape index (κ1) is 16.5. The number of carbonyl (C=O) groups is 1. The third-order valence-corrected chi connectivity index (χ3v) is 4.18. The summed E-state index contributed by atoms with van der Waals surface area (Å²) in [4.78, 5) is 22.8. The first-order chi connectivity index (χ1) is 11.6. The van der Waals surface area contributed by atoms with E-state index in [2.05, 4.69) is 21.8 Å². The highest BCUT2D eigenvalue weighted by Crippen LogP contribution is 2.26. The van der Waals surface area contributed by atoms with Crippen molar-refractivity contribution < 1.29 is 9.18 Å². The summed E-state index contributed by atoms with van der Waals surface area (Å²) in [5.74, 6) is -0.181. The molecule has 0 bridgehead atoms. The van der Waals surface area contributed by atoms with Gasteiger partial charge in [0, 0.05) is 32.4 Å². The van der Waals surface area contributed by atoms with Crippen LogP contribution in [0.25, 0.3) is 0 Å². The lowest BCUT2D eigenvalue weighted by molar-refractivity contribution is -0.119. The largest absolute Gasteiger partial charge is 0.304 e. The van der Waals surface area contributed by atoms with E-state index < -0.39 is 5.82 Å². The van der Waals surface area contributed by atoms with E-state index in [9.17, 15) is 9.18 Å². The number of carbonyl (C=O) groups excluding carboxylic acids is 1. The molecule has 3 rings (SSSR count). The third kappa shape index (κ3) is 3.77. The number of amides is 1. The number of rotatable bonds is 4. The molecule has 1 saturated heterocycles. The summed E-state index contributed by atoms with van der Waals surface area (Å²) >= 11 is 0. The highest BCUT2D eigenvalue weighted by atomic mass is 19.1. The molecule has 0 saturated carbocycles. The van der Waals surface area contributed by atoms with Crippen molar-refractivity contribution in [3.63, 3.8) is 0 Å². The number of aromatic nitrogens is 1. The molecule has 1 fully saturated rings. The number of piperazine rings is 1. The van der Waals surface area contributed by atoms with Crippen molar-refractivity contribution in [2.24, 2.45) is 0 Å². The van der Waals surface area contributed by atoms with Gasteiger partial charge in [0.25, 0.3) is 0 Å². The molecule has 1 aromatic heterocycles. The van der Waals surface area contributed by atoms with E-state index in [1.165, 1.54) is 11.0 Å². The Morgan fingerprint density at radius 2 is 1.83 bits per heavy atom. The molecule has 0 N–H and O–H groups in total. The van der Waals surface area contributed by atoms with Crippen LogP contribution in [-0.2, 0) is 4.79 Å². The molecule has 2 aromatic rings. The van der Waals surface area contributed by atoms with Gasteiger partial charge in [0.2, 0.25) is 5.91 Å². The summed E-state index contributed by atoms with van der Waals surface area (Å²) in [6.07, 6.45) is 1.60. The minimum absolute atomic E-state index is 0.177. The van der Waals surface area contributed by atoms with Crippen LogP contribution in [0, 0.1) is 5.82 Å². The number of pyridine rings is 1. The minimum Gasteiger partial charge on any atom is -0.304 e. The van der Waals surface area contributed by atoms with Gasteiger partial charge in [-0.25, -0.2) is 9.37 Å². The molecule has 0 radical (unpaired) electrons. The predicted molar refractivity (Wildman–Crippen MR) is 91.7 cm³/mol. The molecular formula is C18H21FN4O. The van der Waals surface area contributed by atoms with Crippen molar-refractivity contribution in [2.75, 3.05) is 44.7 Å². The molecular weight excluding hydrogens is 307 g/mol. The zero-order chi connectivity index (χ0) is 16.9. The van der Waals surface area contributed by atoms with Gasteiger partial charge in [-0.1, -0.05) is 18.2 Å². The molecule has 24 heavy (non-hydrogen) atoms. The maximum Gasteiger partial charge on any atom is 0.247 e. The standard InChI is InChI=1S/C18H21FN4O/c1-21-10-12-22(13-11-21)14-18(24)23(17-8-4-5-9-20-17)16-7-3-2-6-15(16)19/h2-9H,10-14H2,1H3. The molecule has 2 heterocycles. The van der Waals surface area contributed by atoms with E-state index in [4.69, 9.17) is 0 Å². The van der Waals surface area contributed by atoms with Gasteiger partial charge in [0.1, 0.15) is 11.6 Å². The van der Waals surface area contributed by atoms with Gasteiger partial charge < -0.3 is 4.90 Å². The number of likely N-dealkylation sites (N-methyl/N-ethyl adjacent to an activating group) is 1. The molecule has 0 atom stereocenters. The Morgan fingerprint density at radius 3 is 2.50 bits per heavy atom. The van der Waals surface area contributed by atoms with Crippen molar-refractivity contribution in [3.8, 4) is 0 Å². The van der Waals surface area contributed by atoms with Crippen molar-refractivity contribution in [1.82, 2.24) is 14.8 Å². The Hall–Kier alpha value is -2.31. The van der Waals surface area contributed by atoms with Crippen molar-refractivity contribution in [3.05, 3.63) is 54.5 Å². The molecule has 1 amide bonds. The monoisotopic (exact) mass is 328 g/mol. The topological polar surface area (TPSA) is 39.7 Å². The normalized spacial score (nSPS) is 16.1. The fourth-order valence-electron chi connectivity index (χ4n) is 2.77. The summed E-state index contributed by atoms with van der Waals surface area (Å²) in [6.45, 7) is 3.76. The van der Waals surface area contributed by atoms with Gasteiger partial charge in [-0.3, -0.25) is 14.6 Å². The van der Waals surface area contributed by atoms with E-state index in [0.717, 1.165) is 26.2 Å². The second-order valence-electron chi connectivity index (χ2n) is 5.95. The fraction of sp³-hybridized carbons (Fsp3) is 0.333. The Kier molecular flexibility index (Phi) is 5.17. The molecule has 1 aliphatic rings. The van der Waals surface area contributed by atoms with Crippen LogP contribution in [0.5, 0.6) is 0 Å². The summed E-state index contributed by atoms with van der Waals surface area (Å²) in [5, 5.41) is 0. The van der Waals surface area contributed by atoms with Crippen molar-refractivity contribution in [1.29, 1.82) is 0 Å². The summed E-state index contributed by atoms with van der Waals surface area (Å²) < 4.78 is 14.3. The lowest BCUT2D eigenvalue weighted by atomic mass is 10.2. The predicted octanol–water partition coefficient (Wildman–Crippen LogP) is 2.13. The maximum absolute atomic E-state index is 14.3. The van der Waals surface area contributed by atoms with Crippen LogP contribution < -0.4 is 4.90 Å². The van der Waals surface area contributed by atoms with Crippen LogP contribution in [0.15, 0.2) is 48.7 Å². The minimum atomic E-state index is -0.435.